The van der Waals surface area contributed by atoms with Crippen molar-refractivity contribution in [1.29, 1.82) is 0 Å². The Hall–Kier alpha value is -7.43. The fourth-order valence-corrected chi connectivity index (χ4v) is 5.89. The van der Waals surface area contributed by atoms with Gasteiger partial charge >= 0.3 is 0 Å². The molecule has 0 fully saturated rings. The highest BCUT2D eigenvalue weighted by atomic mass is 15.0. The molecule has 4 nitrogen and oxygen atoms in total. The molecule has 0 aliphatic carbocycles. The number of hydrogen-bond acceptors (Lipinski definition) is 3. The van der Waals surface area contributed by atoms with Crippen molar-refractivity contribution >= 4 is 21.8 Å². The average molecular weight is 728 g/mol. The Bertz CT molecular complexity index is 4320. The van der Waals surface area contributed by atoms with Crippen LogP contribution >= 0.6 is 0 Å². The summed E-state index contributed by atoms with van der Waals surface area (Å²) in [7, 11) is 0. The lowest BCUT2D eigenvalue weighted by Crippen LogP contribution is -2.01. The minimum absolute atomic E-state index is 0.219. The van der Waals surface area contributed by atoms with Crippen molar-refractivity contribution < 1.29 is 34.3 Å². The molecule has 258 valence electrons. The van der Waals surface area contributed by atoms with Gasteiger partial charge in [0.25, 0.3) is 0 Å². The van der Waals surface area contributed by atoms with E-state index in [4.69, 9.17) is 23.3 Å². The zero-order chi connectivity index (χ0) is 58.3. The molecule has 0 amide bonds. The molecule has 10 aromatic rings. The van der Waals surface area contributed by atoms with E-state index in [1.165, 1.54) is 0 Å². The minimum Gasteiger partial charge on any atom is -0.309 e. The van der Waals surface area contributed by atoms with E-state index >= 15 is 0 Å². The molecular formula is C51H34N4. The molecule has 0 unspecified atom stereocenters. The third kappa shape index (κ3) is 6.16. The van der Waals surface area contributed by atoms with Crippen LogP contribution in [0.3, 0.4) is 0 Å². The van der Waals surface area contributed by atoms with Gasteiger partial charge in [0.2, 0.25) is 0 Å². The Labute approximate surface area is 354 Å². The predicted molar refractivity (Wildman–Crippen MR) is 227 cm³/mol. The van der Waals surface area contributed by atoms with Crippen LogP contribution in [0.2, 0.25) is 0 Å². The summed E-state index contributed by atoms with van der Waals surface area (Å²) < 4.78 is 223. The van der Waals surface area contributed by atoms with Crippen LogP contribution in [0.4, 0.5) is 0 Å². The first-order valence-electron chi connectivity index (χ1n) is 29.0. The fourth-order valence-electron chi connectivity index (χ4n) is 5.89. The number of fused-ring (bicyclic) bond motifs is 3. The fraction of sp³-hybridized carbons (Fsp3) is 0. The molecule has 0 N–H and O–H groups in total. The number of benzene rings is 8. The van der Waals surface area contributed by atoms with Crippen LogP contribution in [-0.4, -0.2) is 19.5 Å². The lowest BCUT2D eigenvalue weighted by atomic mass is 10.0. The van der Waals surface area contributed by atoms with Crippen molar-refractivity contribution in [2.24, 2.45) is 0 Å². The van der Waals surface area contributed by atoms with Crippen molar-refractivity contribution in [3.63, 3.8) is 0 Å². The third-order valence-corrected chi connectivity index (χ3v) is 8.45. The molecule has 0 saturated carbocycles. The van der Waals surface area contributed by atoms with E-state index in [1.54, 1.807) is 24.3 Å². The predicted octanol–water partition coefficient (Wildman–Crippen LogP) is 13.0. The molecule has 8 aromatic carbocycles. The van der Waals surface area contributed by atoms with Gasteiger partial charge in [0, 0.05) is 33.2 Å². The van der Waals surface area contributed by atoms with E-state index in [1.807, 2.05) is 30.3 Å². The third-order valence-electron chi connectivity index (χ3n) is 8.45. The van der Waals surface area contributed by atoms with Crippen molar-refractivity contribution in [3.05, 3.63) is 206 Å². The van der Waals surface area contributed by atoms with E-state index in [0.717, 1.165) is 15.7 Å². The number of nitrogens with zero attached hydrogens (tertiary/aromatic N) is 4. The molecule has 10 rings (SSSR count). The zero-order valence-corrected chi connectivity index (χ0v) is 28.0. The quantitative estimate of drug-likeness (QED) is 0.164. The highest BCUT2D eigenvalue weighted by Gasteiger charge is 2.16. The molecular weight excluding hydrogens is 669 g/mol. The Kier molecular flexibility index (Phi) is 3.90. The lowest BCUT2D eigenvalue weighted by Gasteiger charge is -2.12. The first-order chi connectivity index (χ1) is 37.7. The van der Waals surface area contributed by atoms with Gasteiger partial charge in [-0.3, -0.25) is 0 Å². The Morgan fingerprint density at radius 1 is 0.327 bits per heavy atom. The molecule has 0 atom stereocenters. The Morgan fingerprint density at radius 3 is 1.55 bits per heavy atom. The molecule has 4 heteroatoms. The summed E-state index contributed by atoms with van der Waals surface area (Å²) in [6, 6.07) is -5.87. The van der Waals surface area contributed by atoms with Crippen molar-refractivity contribution in [2.45, 2.75) is 0 Å². The van der Waals surface area contributed by atoms with Gasteiger partial charge in [-0.1, -0.05) is 157 Å². The van der Waals surface area contributed by atoms with Gasteiger partial charge < -0.3 is 4.57 Å². The van der Waals surface area contributed by atoms with E-state index < -0.39 is 224 Å². The summed E-state index contributed by atoms with van der Waals surface area (Å²) in [4.78, 5) is 13.6. The molecule has 0 aliphatic heterocycles. The first-order valence-corrected chi connectivity index (χ1v) is 16.5. The number of para-hydroxylation sites is 1. The van der Waals surface area contributed by atoms with Gasteiger partial charge in [0.1, 0.15) is 0 Å². The topological polar surface area (TPSA) is 43.6 Å². The smallest absolute Gasteiger partial charge is 0.164 e. The summed E-state index contributed by atoms with van der Waals surface area (Å²) in [6.45, 7) is 0. The number of aromatic nitrogens is 4. The summed E-state index contributed by atoms with van der Waals surface area (Å²) in [5.41, 5.74) is -4.18. The van der Waals surface area contributed by atoms with Crippen LogP contribution in [-0.2, 0) is 0 Å². The maximum Gasteiger partial charge on any atom is 0.164 e. The summed E-state index contributed by atoms with van der Waals surface area (Å²) >= 11 is 0. The second kappa shape index (κ2) is 13.8. The van der Waals surface area contributed by atoms with Gasteiger partial charge in [-0.2, -0.15) is 0 Å². The van der Waals surface area contributed by atoms with Gasteiger partial charge in [0.05, 0.1) is 45.3 Å². The lowest BCUT2D eigenvalue weighted by molar-refractivity contribution is 1.07. The molecule has 2 heterocycles. The van der Waals surface area contributed by atoms with Crippen molar-refractivity contribution in [3.8, 4) is 73.2 Å². The first kappa shape index (κ1) is 15.5. The molecule has 0 radical (unpaired) electrons. The summed E-state index contributed by atoms with van der Waals surface area (Å²) in [5.74, 6) is -1.55. The molecule has 2 aromatic heterocycles. The van der Waals surface area contributed by atoms with Crippen LogP contribution in [0.15, 0.2) is 206 Å². The largest absolute Gasteiger partial charge is 0.309 e. The molecule has 55 heavy (non-hydrogen) atoms. The van der Waals surface area contributed by atoms with E-state index in [-0.39, 0.29) is 11.4 Å². The molecule has 0 spiro atoms. The number of hydrogen-bond donors (Lipinski definition) is 0. The average Bonchev–Trinajstić information content (AvgIpc) is 3.81. The summed E-state index contributed by atoms with van der Waals surface area (Å²) in [5, 5.41) is -1.05. The van der Waals surface area contributed by atoms with Crippen LogP contribution in [0.1, 0.15) is 34.3 Å². The van der Waals surface area contributed by atoms with E-state index in [0.29, 0.717) is 0 Å². The van der Waals surface area contributed by atoms with Gasteiger partial charge in [0.15, 0.2) is 17.5 Å². The van der Waals surface area contributed by atoms with Crippen molar-refractivity contribution in [2.75, 3.05) is 0 Å². The van der Waals surface area contributed by atoms with E-state index in [2.05, 4.69) is 15.0 Å². The molecule has 0 saturated heterocycles. The SMILES string of the molecule is [2H]c1c([2H])c([2H])c(-c2c([2H])c([2H])c([2H])c(-c3nc(-c4ccc(-c5ccccc5)cc4)nc(-c4c([2H])c([2H])c(-n5c6c([2H])c([2H])c([2H])c([2H])c6c6c([2H])c(-c7c([2H])c([2H])c([2H])c([2H])c7[2H])c([2H])c([2H])c65)c([2H])c4[2H])n3)c2[2H])c([2H])c1[2H]. The van der Waals surface area contributed by atoms with E-state index in [9.17, 15) is 11.0 Å². The summed E-state index contributed by atoms with van der Waals surface area (Å²) in [6.07, 6.45) is 0. The Balaban J connectivity index is 1.29. The van der Waals surface area contributed by atoms with Crippen LogP contribution in [0, 0.1) is 0 Å². The maximum absolute atomic E-state index is 9.60. The second-order valence-electron chi connectivity index (χ2n) is 11.8. The number of rotatable bonds is 7. The monoisotopic (exact) mass is 727 g/mol. The van der Waals surface area contributed by atoms with Crippen LogP contribution in [0.25, 0.3) is 95.0 Å². The standard InChI is InChI=1S/C51H34N4/c1-4-13-35(14-5-1)38-23-25-39(26-24-38)49-52-50(54-51(53-49)43-20-12-19-41(33-43)36-15-6-2-7-16-36)40-27-30-44(31-28-40)55-47-22-11-10-21-45(47)46-34-42(29-32-48(46)55)37-17-8-3-9-18-37/h1-34H/i2D,3D,6D,7D,8D,9D,10D,11D,12D,15D,16D,17D,18D,19D,20D,21D,22D,27D,28D,29D,30D,31D,32D,33D,34D. The molecule has 0 bridgehead atoms. The highest BCUT2D eigenvalue weighted by molar-refractivity contribution is 6.10. The minimum atomic E-state index is -0.979. The zero-order valence-electron chi connectivity index (χ0n) is 53.0. The van der Waals surface area contributed by atoms with Gasteiger partial charge in [-0.05, 0) is 81.7 Å². The normalized spacial score (nSPS) is 17.6. The maximum atomic E-state index is 9.60. The van der Waals surface area contributed by atoms with Crippen LogP contribution in [0.5, 0.6) is 0 Å². The van der Waals surface area contributed by atoms with Crippen LogP contribution < -0.4 is 0 Å². The van der Waals surface area contributed by atoms with Gasteiger partial charge in [-0.25, -0.2) is 15.0 Å². The highest BCUT2D eigenvalue weighted by Crippen LogP contribution is 2.36. The van der Waals surface area contributed by atoms with Crippen molar-refractivity contribution in [1.82, 2.24) is 19.5 Å². The molecule has 0 aliphatic rings. The Morgan fingerprint density at radius 2 is 0.836 bits per heavy atom. The second-order valence-corrected chi connectivity index (χ2v) is 11.8. The van der Waals surface area contributed by atoms with Gasteiger partial charge in [-0.15, -0.1) is 0 Å².